The summed E-state index contributed by atoms with van der Waals surface area (Å²) in [6.07, 6.45) is 3.98. The van der Waals surface area contributed by atoms with Gasteiger partial charge < -0.3 is 14.7 Å². The van der Waals surface area contributed by atoms with Crippen molar-refractivity contribution < 1.29 is 19.4 Å². The van der Waals surface area contributed by atoms with E-state index in [1.165, 1.54) is 4.90 Å². The molecule has 0 aromatic heterocycles. The molecule has 1 fully saturated rings. The molecule has 1 N–H and O–H groups in total. The molecule has 2 rings (SSSR count). The molecule has 5 heteroatoms. The summed E-state index contributed by atoms with van der Waals surface area (Å²) in [6, 6.07) is 7.30. The Morgan fingerprint density at radius 1 is 1.27 bits per heavy atom. The lowest BCUT2D eigenvalue weighted by Crippen LogP contribution is -2.56. The second kappa shape index (κ2) is 6.81. The number of ether oxygens (including phenoxy) is 1. The Morgan fingerprint density at radius 2 is 1.95 bits per heavy atom. The van der Waals surface area contributed by atoms with Gasteiger partial charge in [0.15, 0.2) is 0 Å². The molecule has 1 saturated carbocycles. The predicted molar refractivity (Wildman–Crippen MR) is 82.9 cm³/mol. The number of rotatable bonds is 5. The molecular weight excluding hydrogens is 282 g/mol. The lowest BCUT2D eigenvalue weighted by Gasteiger charge is -2.41. The zero-order chi connectivity index (χ0) is 16.2. The van der Waals surface area contributed by atoms with E-state index >= 15 is 0 Å². The summed E-state index contributed by atoms with van der Waals surface area (Å²) in [7, 11) is 3.19. The molecule has 0 saturated heterocycles. The summed E-state index contributed by atoms with van der Waals surface area (Å²) in [4.78, 5) is 25.7. The van der Waals surface area contributed by atoms with Crippen LogP contribution in [-0.4, -0.2) is 41.6 Å². The molecule has 1 aliphatic rings. The highest BCUT2D eigenvalue weighted by Gasteiger charge is 2.45. The van der Waals surface area contributed by atoms with E-state index in [0.717, 1.165) is 24.8 Å². The number of hydrogen-bond donors (Lipinski definition) is 1. The predicted octanol–water partition coefficient (Wildman–Crippen LogP) is 2.48. The molecule has 1 aromatic carbocycles. The Balaban J connectivity index is 2.14. The average Bonchev–Trinajstić information content (AvgIpc) is 2.54. The molecule has 22 heavy (non-hydrogen) atoms. The van der Waals surface area contributed by atoms with Crippen LogP contribution in [0.5, 0.6) is 5.75 Å². The fraction of sp³-hybridized carbons (Fsp3) is 0.529. The van der Waals surface area contributed by atoms with E-state index in [1.54, 1.807) is 20.2 Å². The molecule has 0 unspecified atom stereocenters. The molecule has 0 aliphatic heterocycles. The topological polar surface area (TPSA) is 66.8 Å². The smallest absolute Gasteiger partial charge is 0.329 e. The number of likely N-dealkylation sites (N-methyl/N-ethyl adjacent to an activating group) is 1. The molecule has 120 valence electrons. The summed E-state index contributed by atoms with van der Waals surface area (Å²) >= 11 is 0. The van der Waals surface area contributed by atoms with Crippen LogP contribution in [0.3, 0.4) is 0 Å². The Kier molecular flexibility index (Phi) is 5.06. The molecule has 0 bridgehead atoms. The van der Waals surface area contributed by atoms with Gasteiger partial charge in [-0.05, 0) is 30.5 Å². The van der Waals surface area contributed by atoms with Crippen molar-refractivity contribution in [1.82, 2.24) is 4.90 Å². The largest absolute Gasteiger partial charge is 0.497 e. The Hall–Kier alpha value is -2.04. The van der Waals surface area contributed by atoms with Gasteiger partial charge in [0.05, 0.1) is 13.5 Å². The van der Waals surface area contributed by atoms with E-state index in [4.69, 9.17) is 4.74 Å². The first-order valence-electron chi connectivity index (χ1n) is 7.62. The fourth-order valence-electron chi connectivity index (χ4n) is 3.14. The van der Waals surface area contributed by atoms with Crippen molar-refractivity contribution in [1.29, 1.82) is 0 Å². The van der Waals surface area contributed by atoms with E-state index in [2.05, 4.69) is 0 Å². The minimum atomic E-state index is -1.05. The van der Waals surface area contributed by atoms with Gasteiger partial charge in [-0.1, -0.05) is 31.4 Å². The lowest BCUT2D eigenvalue weighted by molar-refractivity contribution is -0.160. The summed E-state index contributed by atoms with van der Waals surface area (Å²) < 4.78 is 5.15. The maximum absolute atomic E-state index is 12.5. The van der Waals surface area contributed by atoms with Gasteiger partial charge in [0.1, 0.15) is 11.3 Å². The van der Waals surface area contributed by atoms with Crippen LogP contribution >= 0.6 is 0 Å². The maximum atomic E-state index is 12.5. The van der Waals surface area contributed by atoms with Crippen LogP contribution in [0.1, 0.15) is 37.7 Å². The van der Waals surface area contributed by atoms with Crippen LogP contribution in [0.4, 0.5) is 0 Å². The number of carboxylic acid groups (broad SMARTS) is 1. The van der Waals surface area contributed by atoms with Crippen LogP contribution in [0, 0.1) is 0 Å². The van der Waals surface area contributed by atoms with Crippen molar-refractivity contribution in [2.24, 2.45) is 0 Å². The number of carbonyl (C=O) groups excluding carboxylic acids is 1. The molecule has 0 spiro atoms. The quantitative estimate of drug-likeness (QED) is 0.907. The van der Waals surface area contributed by atoms with Crippen LogP contribution < -0.4 is 4.74 Å². The third-order valence-electron chi connectivity index (χ3n) is 4.58. The molecule has 0 atom stereocenters. The number of carbonyl (C=O) groups is 2. The Morgan fingerprint density at radius 3 is 2.55 bits per heavy atom. The van der Waals surface area contributed by atoms with E-state index in [0.29, 0.717) is 18.6 Å². The monoisotopic (exact) mass is 305 g/mol. The van der Waals surface area contributed by atoms with Crippen molar-refractivity contribution in [2.45, 2.75) is 44.1 Å². The van der Waals surface area contributed by atoms with Gasteiger partial charge in [-0.2, -0.15) is 0 Å². The van der Waals surface area contributed by atoms with Gasteiger partial charge in [0, 0.05) is 7.05 Å². The Bertz CT molecular complexity index is 549. The van der Waals surface area contributed by atoms with Gasteiger partial charge in [-0.25, -0.2) is 4.79 Å². The fourth-order valence-corrected chi connectivity index (χ4v) is 3.14. The van der Waals surface area contributed by atoms with Crippen LogP contribution in [0.25, 0.3) is 0 Å². The summed E-state index contributed by atoms with van der Waals surface area (Å²) in [5.74, 6) is -0.371. The summed E-state index contributed by atoms with van der Waals surface area (Å²) in [5.41, 5.74) is -0.221. The second-order valence-electron chi connectivity index (χ2n) is 5.88. The number of benzene rings is 1. The van der Waals surface area contributed by atoms with Gasteiger partial charge in [-0.3, -0.25) is 4.79 Å². The average molecular weight is 305 g/mol. The van der Waals surface area contributed by atoms with Crippen molar-refractivity contribution in [3.8, 4) is 5.75 Å². The highest BCUT2D eigenvalue weighted by Crippen LogP contribution is 2.33. The highest BCUT2D eigenvalue weighted by molar-refractivity contribution is 5.88. The zero-order valence-electron chi connectivity index (χ0n) is 13.2. The first-order chi connectivity index (χ1) is 10.5. The standard InChI is InChI=1S/C17H23NO4/c1-18(17(16(20)21)9-4-3-5-10-17)15(19)12-13-7-6-8-14(11-13)22-2/h6-8,11H,3-5,9-10,12H2,1-2H3,(H,20,21). The molecule has 0 radical (unpaired) electrons. The zero-order valence-corrected chi connectivity index (χ0v) is 13.2. The normalized spacial score (nSPS) is 16.8. The highest BCUT2D eigenvalue weighted by atomic mass is 16.5. The van der Waals surface area contributed by atoms with Crippen molar-refractivity contribution in [3.05, 3.63) is 29.8 Å². The maximum Gasteiger partial charge on any atom is 0.329 e. The molecular formula is C17H23NO4. The summed E-state index contributed by atoms with van der Waals surface area (Å²) in [6.45, 7) is 0. The van der Waals surface area contributed by atoms with E-state index < -0.39 is 11.5 Å². The number of amides is 1. The van der Waals surface area contributed by atoms with Crippen molar-refractivity contribution >= 4 is 11.9 Å². The first-order valence-corrected chi connectivity index (χ1v) is 7.62. The minimum Gasteiger partial charge on any atom is -0.497 e. The molecule has 5 nitrogen and oxygen atoms in total. The van der Waals surface area contributed by atoms with E-state index in [9.17, 15) is 14.7 Å². The van der Waals surface area contributed by atoms with Gasteiger partial charge in [0.25, 0.3) is 0 Å². The number of nitrogens with zero attached hydrogens (tertiary/aromatic N) is 1. The first kappa shape index (κ1) is 16.3. The number of carboxylic acids is 1. The van der Waals surface area contributed by atoms with Gasteiger partial charge in [-0.15, -0.1) is 0 Å². The number of hydrogen-bond acceptors (Lipinski definition) is 3. The van der Waals surface area contributed by atoms with Crippen molar-refractivity contribution in [2.75, 3.05) is 14.2 Å². The van der Waals surface area contributed by atoms with E-state index in [1.807, 2.05) is 18.2 Å². The third kappa shape index (κ3) is 3.24. The van der Waals surface area contributed by atoms with Crippen molar-refractivity contribution in [3.63, 3.8) is 0 Å². The molecule has 1 aliphatic carbocycles. The molecule has 0 heterocycles. The minimum absolute atomic E-state index is 0.169. The third-order valence-corrected chi connectivity index (χ3v) is 4.58. The molecule has 1 amide bonds. The lowest BCUT2D eigenvalue weighted by atomic mass is 9.80. The number of methoxy groups -OCH3 is 1. The van der Waals surface area contributed by atoms with Crippen LogP contribution in [-0.2, 0) is 16.0 Å². The van der Waals surface area contributed by atoms with Crippen LogP contribution in [0.2, 0.25) is 0 Å². The van der Waals surface area contributed by atoms with Gasteiger partial charge in [0.2, 0.25) is 5.91 Å². The SMILES string of the molecule is COc1cccc(CC(=O)N(C)C2(C(=O)O)CCCCC2)c1. The Labute approximate surface area is 130 Å². The molecule has 1 aromatic rings. The second-order valence-corrected chi connectivity index (χ2v) is 5.88. The number of aliphatic carboxylic acids is 1. The van der Waals surface area contributed by atoms with E-state index in [-0.39, 0.29) is 12.3 Å². The van der Waals surface area contributed by atoms with Gasteiger partial charge >= 0.3 is 5.97 Å². The van der Waals surface area contributed by atoms with Crippen LogP contribution in [0.15, 0.2) is 24.3 Å². The summed E-state index contributed by atoms with van der Waals surface area (Å²) in [5, 5.41) is 9.64.